The fraction of sp³-hybridized carbons (Fsp3) is 0.0204. The first-order chi connectivity index (χ1) is 25.3. The van der Waals surface area contributed by atoms with E-state index in [-0.39, 0.29) is 0 Å². The van der Waals surface area contributed by atoms with E-state index in [0.717, 1.165) is 66.1 Å². The minimum atomic E-state index is -0.664. The van der Waals surface area contributed by atoms with Crippen LogP contribution >= 0.6 is 0 Å². The van der Waals surface area contributed by atoms with Crippen LogP contribution in [0.25, 0.3) is 77.3 Å². The second kappa shape index (κ2) is 10.7. The lowest BCUT2D eigenvalue weighted by Gasteiger charge is -2.37. The third-order valence-corrected chi connectivity index (χ3v) is 11.0. The molecule has 2 heteroatoms. The lowest BCUT2D eigenvalue weighted by Crippen LogP contribution is -2.30. The van der Waals surface area contributed by atoms with Crippen molar-refractivity contribution in [3.8, 4) is 33.4 Å². The summed E-state index contributed by atoms with van der Waals surface area (Å²) in [7, 11) is 0. The van der Waals surface area contributed by atoms with Crippen molar-refractivity contribution >= 4 is 43.9 Å². The van der Waals surface area contributed by atoms with Crippen LogP contribution in [0.5, 0.6) is 0 Å². The van der Waals surface area contributed by atoms with Gasteiger partial charge < -0.3 is 8.83 Å². The van der Waals surface area contributed by atoms with Gasteiger partial charge in [-0.2, -0.15) is 0 Å². The van der Waals surface area contributed by atoms with Crippen molar-refractivity contribution < 1.29 is 8.83 Å². The molecule has 1 aliphatic carbocycles. The molecule has 51 heavy (non-hydrogen) atoms. The highest BCUT2D eigenvalue weighted by Gasteiger charge is 2.48. The number of benzene rings is 8. The van der Waals surface area contributed by atoms with Gasteiger partial charge >= 0.3 is 0 Å². The van der Waals surface area contributed by atoms with Gasteiger partial charge in [-0.25, -0.2) is 0 Å². The van der Waals surface area contributed by atoms with Crippen molar-refractivity contribution in [2.45, 2.75) is 5.41 Å². The fourth-order valence-electron chi connectivity index (χ4n) is 8.97. The van der Waals surface area contributed by atoms with E-state index in [0.29, 0.717) is 0 Å². The molecule has 11 rings (SSSR count). The van der Waals surface area contributed by atoms with Gasteiger partial charge in [0.2, 0.25) is 0 Å². The molecular weight excluding hydrogens is 621 g/mol. The molecule has 10 aromatic rings. The number of furan rings is 2. The predicted octanol–water partition coefficient (Wildman–Crippen LogP) is 13.2. The Bertz CT molecular complexity index is 2790. The monoisotopic (exact) mass is 650 g/mol. The third kappa shape index (κ3) is 3.82. The second-order valence-corrected chi connectivity index (χ2v) is 13.5. The van der Waals surface area contributed by atoms with E-state index in [9.17, 15) is 0 Å². The maximum absolute atomic E-state index is 6.69. The molecule has 0 fully saturated rings. The molecule has 2 nitrogen and oxygen atoms in total. The summed E-state index contributed by atoms with van der Waals surface area (Å²) in [5.41, 5.74) is 14.8. The third-order valence-electron chi connectivity index (χ3n) is 11.0. The van der Waals surface area contributed by atoms with Crippen molar-refractivity contribution in [1.82, 2.24) is 0 Å². The molecule has 0 amide bonds. The van der Waals surface area contributed by atoms with Crippen molar-refractivity contribution in [3.63, 3.8) is 0 Å². The maximum Gasteiger partial charge on any atom is 0.143 e. The minimum absolute atomic E-state index is 0.664. The highest BCUT2D eigenvalue weighted by atomic mass is 16.3. The normalized spacial score (nSPS) is 13.3. The quantitative estimate of drug-likeness (QED) is 0.189. The van der Waals surface area contributed by atoms with Gasteiger partial charge in [0.1, 0.15) is 22.3 Å². The van der Waals surface area contributed by atoms with Gasteiger partial charge in [-0.3, -0.25) is 0 Å². The minimum Gasteiger partial charge on any atom is -0.455 e. The van der Waals surface area contributed by atoms with Gasteiger partial charge in [-0.15, -0.1) is 0 Å². The molecule has 0 atom stereocenters. The molecule has 0 spiro atoms. The van der Waals surface area contributed by atoms with Crippen molar-refractivity contribution in [1.29, 1.82) is 0 Å². The molecule has 0 unspecified atom stereocenters. The van der Waals surface area contributed by atoms with Gasteiger partial charge in [-0.1, -0.05) is 170 Å². The van der Waals surface area contributed by atoms with Crippen LogP contribution in [0.4, 0.5) is 0 Å². The van der Waals surface area contributed by atoms with Crippen LogP contribution in [0.1, 0.15) is 22.3 Å². The molecule has 0 aliphatic heterocycles. The summed E-state index contributed by atoms with van der Waals surface area (Å²) in [5.74, 6) is 0. The summed E-state index contributed by atoms with van der Waals surface area (Å²) >= 11 is 0. The molecule has 2 heterocycles. The topological polar surface area (TPSA) is 26.3 Å². The van der Waals surface area contributed by atoms with Gasteiger partial charge in [0.15, 0.2) is 0 Å². The summed E-state index contributed by atoms with van der Waals surface area (Å²) in [6, 6.07) is 65.5. The molecule has 2 aromatic heterocycles. The predicted molar refractivity (Wildman–Crippen MR) is 209 cm³/mol. The van der Waals surface area contributed by atoms with E-state index < -0.39 is 5.41 Å². The van der Waals surface area contributed by atoms with Gasteiger partial charge in [-0.05, 0) is 56.6 Å². The standard InChI is InChI=1S/C49H30O2/c1-7-25-41-31(15-1)32-16-2-8-26-42(32)49(41,43-27-9-3-17-33(43)37-21-13-23-39-35-19-5-11-29-45(35)50-47(37)39)44-28-10-4-18-34(44)38-22-14-24-40-36-20-6-12-30-46(36)51-48(38)40/h1-30H. The first-order valence-corrected chi connectivity index (χ1v) is 17.5. The lowest BCUT2D eigenvalue weighted by atomic mass is 9.64. The average Bonchev–Trinajstić information content (AvgIpc) is 3.87. The summed E-state index contributed by atoms with van der Waals surface area (Å²) in [6.07, 6.45) is 0. The van der Waals surface area contributed by atoms with E-state index >= 15 is 0 Å². The van der Waals surface area contributed by atoms with Crippen molar-refractivity contribution in [3.05, 3.63) is 204 Å². The van der Waals surface area contributed by atoms with E-state index in [4.69, 9.17) is 8.83 Å². The number of para-hydroxylation sites is 4. The van der Waals surface area contributed by atoms with E-state index in [1.807, 2.05) is 12.1 Å². The van der Waals surface area contributed by atoms with Crippen molar-refractivity contribution in [2.75, 3.05) is 0 Å². The summed E-state index contributed by atoms with van der Waals surface area (Å²) < 4.78 is 13.4. The smallest absolute Gasteiger partial charge is 0.143 e. The number of fused-ring (bicyclic) bond motifs is 9. The average molecular weight is 651 g/mol. The number of hydrogen-bond acceptors (Lipinski definition) is 2. The zero-order chi connectivity index (χ0) is 33.5. The molecule has 0 saturated heterocycles. The van der Waals surface area contributed by atoms with Crippen LogP contribution in [0.2, 0.25) is 0 Å². The highest BCUT2D eigenvalue weighted by Crippen LogP contribution is 2.59. The van der Waals surface area contributed by atoms with E-state index in [1.54, 1.807) is 0 Å². The summed E-state index contributed by atoms with van der Waals surface area (Å²) in [4.78, 5) is 0. The molecule has 0 bridgehead atoms. The zero-order valence-corrected chi connectivity index (χ0v) is 27.6. The second-order valence-electron chi connectivity index (χ2n) is 13.5. The first-order valence-electron chi connectivity index (χ1n) is 17.5. The molecule has 0 saturated carbocycles. The Labute approximate surface area is 294 Å². The highest BCUT2D eigenvalue weighted by molar-refractivity contribution is 6.11. The largest absolute Gasteiger partial charge is 0.455 e. The van der Waals surface area contributed by atoms with E-state index in [1.165, 1.54) is 33.4 Å². The van der Waals surface area contributed by atoms with Crippen LogP contribution < -0.4 is 0 Å². The Morgan fingerprint density at radius 3 is 0.961 bits per heavy atom. The molecule has 1 aliphatic rings. The lowest BCUT2D eigenvalue weighted by molar-refractivity contribution is 0.669. The van der Waals surface area contributed by atoms with E-state index in [2.05, 4.69) is 170 Å². The number of hydrogen-bond donors (Lipinski definition) is 0. The van der Waals surface area contributed by atoms with Gasteiger partial charge in [0.25, 0.3) is 0 Å². The van der Waals surface area contributed by atoms with Gasteiger partial charge in [0, 0.05) is 32.7 Å². The Morgan fingerprint density at radius 2 is 0.549 bits per heavy atom. The first kappa shape index (κ1) is 28.2. The van der Waals surface area contributed by atoms with Crippen molar-refractivity contribution in [2.24, 2.45) is 0 Å². The Morgan fingerprint density at radius 1 is 0.255 bits per heavy atom. The van der Waals surface area contributed by atoms with Crippen LogP contribution in [0, 0.1) is 0 Å². The number of rotatable bonds is 4. The molecule has 0 radical (unpaired) electrons. The molecule has 238 valence electrons. The fourth-order valence-corrected chi connectivity index (χ4v) is 8.97. The molecule has 0 N–H and O–H groups in total. The summed E-state index contributed by atoms with van der Waals surface area (Å²) in [6.45, 7) is 0. The Kier molecular flexibility index (Phi) is 5.91. The zero-order valence-electron chi connectivity index (χ0n) is 27.6. The van der Waals surface area contributed by atoms with Crippen LogP contribution in [0.3, 0.4) is 0 Å². The SMILES string of the molecule is c1ccc2c(c1)-c1ccccc1C2(c1ccccc1-c1cccc2c1oc1ccccc12)c1ccccc1-c1cccc2c1oc1ccccc12. The summed E-state index contributed by atoms with van der Waals surface area (Å²) in [5, 5.41) is 4.50. The van der Waals surface area contributed by atoms with Gasteiger partial charge in [0.05, 0.1) is 5.41 Å². The van der Waals surface area contributed by atoms with Crippen LogP contribution in [0.15, 0.2) is 191 Å². The Balaban J connectivity index is 1.29. The molecule has 8 aromatic carbocycles. The van der Waals surface area contributed by atoms with Crippen LogP contribution in [-0.2, 0) is 5.41 Å². The Hall–Kier alpha value is -6.64. The van der Waals surface area contributed by atoms with Crippen LogP contribution in [-0.4, -0.2) is 0 Å². The molecular formula is C49H30O2. The maximum atomic E-state index is 6.69.